The van der Waals surface area contributed by atoms with Crippen LogP contribution >= 0.6 is 0 Å². The molecule has 6 heteroatoms. The average Bonchev–Trinajstić information content (AvgIpc) is 2.71. The van der Waals surface area contributed by atoms with E-state index in [2.05, 4.69) is 5.32 Å². The Morgan fingerprint density at radius 1 is 1.11 bits per heavy atom. The lowest BCUT2D eigenvalue weighted by atomic mass is 10.0. The molecule has 2 rings (SSSR count). The molecule has 144 valence electrons. The SMILES string of the molecule is CCc1cccc(CC)c1NC(=O)COC(=O)C(C#N)=Cc1ccc(O)cc1. The maximum atomic E-state index is 12.2. The Balaban J connectivity index is 2.03. The molecular weight excluding hydrogens is 356 g/mol. The second-order valence-corrected chi connectivity index (χ2v) is 6.04. The van der Waals surface area contributed by atoms with E-state index in [1.807, 2.05) is 32.0 Å². The van der Waals surface area contributed by atoms with E-state index >= 15 is 0 Å². The van der Waals surface area contributed by atoms with Crippen molar-refractivity contribution in [1.29, 1.82) is 5.26 Å². The molecule has 0 aliphatic carbocycles. The van der Waals surface area contributed by atoms with Crippen molar-refractivity contribution in [1.82, 2.24) is 0 Å². The van der Waals surface area contributed by atoms with Crippen molar-refractivity contribution < 1.29 is 19.4 Å². The Bertz CT molecular complexity index is 902. The fourth-order valence-electron chi connectivity index (χ4n) is 2.66. The number of nitriles is 1. The van der Waals surface area contributed by atoms with Crippen molar-refractivity contribution in [3.8, 4) is 11.8 Å². The van der Waals surface area contributed by atoms with Crippen LogP contribution in [0.5, 0.6) is 5.75 Å². The number of carbonyl (C=O) groups excluding carboxylic acids is 2. The van der Waals surface area contributed by atoms with Crippen molar-refractivity contribution in [2.45, 2.75) is 26.7 Å². The van der Waals surface area contributed by atoms with Crippen molar-refractivity contribution in [3.63, 3.8) is 0 Å². The molecule has 0 bridgehead atoms. The van der Waals surface area contributed by atoms with Gasteiger partial charge in [-0.2, -0.15) is 5.26 Å². The highest BCUT2D eigenvalue weighted by Gasteiger charge is 2.15. The minimum atomic E-state index is -0.884. The molecule has 0 fully saturated rings. The lowest BCUT2D eigenvalue weighted by molar-refractivity contribution is -0.142. The highest BCUT2D eigenvalue weighted by atomic mass is 16.5. The number of para-hydroxylation sites is 1. The van der Waals surface area contributed by atoms with Gasteiger partial charge in [-0.3, -0.25) is 4.79 Å². The molecule has 0 aliphatic rings. The summed E-state index contributed by atoms with van der Waals surface area (Å²) in [6, 6.07) is 13.6. The zero-order valence-corrected chi connectivity index (χ0v) is 15.9. The third-order valence-corrected chi connectivity index (χ3v) is 4.14. The summed E-state index contributed by atoms with van der Waals surface area (Å²) in [5.74, 6) is -1.27. The second-order valence-electron chi connectivity index (χ2n) is 6.04. The van der Waals surface area contributed by atoms with Crippen LogP contribution in [0.15, 0.2) is 48.0 Å². The number of rotatable bonds is 7. The van der Waals surface area contributed by atoms with E-state index in [9.17, 15) is 20.0 Å². The van der Waals surface area contributed by atoms with E-state index < -0.39 is 18.5 Å². The van der Waals surface area contributed by atoms with Gasteiger partial charge in [0.25, 0.3) is 5.91 Å². The predicted molar refractivity (Wildman–Crippen MR) is 106 cm³/mol. The summed E-state index contributed by atoms with van der Waals surface area (Å²) in [6.45, 7) is 3.50. The number of hydrogen-bond acceptors (Lipinski definition) is 5. The van der Waals surface area contributed by atoms with Gasteiger partial charge in [0.15, 0.2) is 6.61 Å². The van der Waals surface area contributed by atoms with E-state index in [1.165, 1.54) is 18.2 Å². The fraction of sp³-hybridized carbons (Fsp3) is 0.227. The van der Waals surface area contributed by atoms with Crippen LogP contribution in [0.1, 0.15) is 30.5 Å². The quantitative estimate of drug-likeness (QED) is 0.436. The molecule has 0 spiro atoms. The number of phenolic OH excluding ortho intramolecular Hbond substituents is 1. The Labute approximate surface area is 164 Å². The van der Waals surface area contributed by atoms with E-state index in [0.29, 0.717) is 5.56 Å². The van der Waals surface area contributed by atoms with Crippen molar-refractivity contribution in [2.24, 2.45) is 0 Å². The summed E-state index contributed by atoms with van der Waals surface area (Å²) >= 11 is 0. The van der Waals surface area contributed by atoms with Crippen LogP contribution in [0.4, 0.5) is 5.69 Å². The third kappa shape index (κ3) is 5.45. The van der Waals surface area contributed by atoms with E-state index in [-0.39, 0.29) is 11.3 Å². The summed E-state index contributed by atoms with van der Waals surface area (Å²) in [7, 11) is 0. The fourth-order valence-corrected chi connectivity index (χ4v) is 2.66. The number of esters is 1. The summed E-state index contributed by atoms with van der Waals surface area (Å²) in [4.78, 5) is 24.3. The van der Waals surface area contributed by atoms with Crippen molar-refractivity contribution >= 4 is 23.6 Å². The van der Waals surface area contributed by atoms with Gasteiger partial charge < -0.3 is 15.2 Å². The molecule has 28 heavy (non-hydrogen) atoms. The number of aromatic hydroxyl groups is 1. The first-order valence-electron chi connectivity index (χ1n) is 8.97. The van der Waals surface area contributed by atoms with Crippen LogP contribution < -0.4 is 5.32 Å². The highest BCUT2D eigenvalue weighted by molar-refractivity contribution is 6.00. The minimum absolute atomic E-state index is 0.0775. The topological polar surface area (TPSA) is 99.4 Å². The Morgan fingerprint density at radius 2 is 1.71 bits per heavy atom. The molecule has 0 saturated carbocycles. The maximum Gasteiger partial charge on any atom is 0.349 e. The van der Waals surface area contributed by atoms with Gasteiger partial charge in [-0.1, -0.05) is 44.2 Å². The lowest BCUT2D eigenvalue weighted by Gasteiger charge is -2.14. The van der Waals surface area contributed by atoms with Gasteiger partial charge in [0.1, 0.15) is 17.4 Å². The monoisotopic (exact) mass is 378 g/mol. The molecule has 2 aromatic carbocycles. The molecule has 0 heterocycles. The molecule has 0 aromatic heterocycles. The number of hydrogen-bond donors (Lipinski definition) is 2. The van der Waals surface area contributed by atoms with Crippen LogP contribution in [0, 0.1) is 11.3 Å². The van der Waals surface area contributed by atoms with E-state index in [1.54, 1.807) is 18.2 Å². The van der Waals surface area contributed by atoms with Crippen molar-refractivity contribution in [2.75, 3.05) is 11.9 Å². The predicted octanol–water partition coefficient (Wildman–Crippen LogP) is 3.61. The Morgan fingerprint density at radius 3 is 2.25 bits per heavy atom. The number of nitrogens with zero attached hydrogens (tertiary/aromatic N) is 1. The number of carbonyl (C=O) groups is 2. The van der Waals surface area contributed by atoms with Crippen LogP contribution in [-0.4, -0.2) is 23.6 Å². The van der Waals surface area contributed by atoms with Gasteiger partial charge in [-0.05, 0) is 47.7 Å². The maximum absolute atomic E-state index is 12.2. The summed E-state index contributed by atoms with van der Waals surface area (Å²) in [6.07, 6.45) is 2.86. The molecule has 6 nitrogen and oxygen atoms in total. The molecule has 2 aromatic rings. The third-order valence-electron chi connectivity index (χ3n) is 4.14. The molecule has 0 aliphatic heterocycles. The highest BCUT2D eigenvalue weighted by Crippen LogP contribution is 2.22. The molecule has 0 radical (unpaired) electrons. The molecular formula is C22H22N2O4. The number of anilines is 1. The second kappa shape index (κ2) is 9.93. The summed E-state index contributed by atoms with van der Waals surface area (Å²) < 4.78 is 4.98. The van der Waals surface area contributed by atoms with Gasteiger partial charge in [0.2, 0.25) is 0 Å². The Kier molecular flexibility index (Phi) is 7.35. The molecule has 0 saturated heterocycles. The van der Waals surface area contributed by atoms with Crippen molar-refractivity contribution in [3.05, 3.63) is 64.7 Å². The largest absolute Gasteiger partial charge is 0.508 e. The first-order valence-corrected chi connectivity index (χ1v) is 8.97. The van der Waals surface area contributed by atoms with Crippen LogP contribution in [-0.2, 0) is 27.2 Å². The number of nitrogens with one attached hydrogen (secondary N) is 1. The van der Waals surface area contributed by atoms with E-state index in [4.69, 9.17) is 4.74 Å². The summed E-state index contributed by atoms with van der Waals surface area (Å²) in [5.41, 5.74) is 3.07. The van der Waals surface area contributed by atoms with Gasteiger partial charge in [-0.25, -0.2) is 4.79 Å². The lowest BCUT2D eigenvalue weighted by Crippen LogP contribution is -2.22. The standard InChI is InChI=1S/C22H22N2O4/c1-3-16-6-5-7-17(4-2)21(16)24-20(26)14-28-22(27)18(13-23)12-15-8-10-19(25)11-9-15/h5-12,25H,3-4,14H2,1-2H3,(H,24,26). The van der Waals surface area contributed by atoms with Crippen LogP contribution in [0.2, 0.25) is 0 Å². The molecule has 0 unspecified atom stereocenters. The zero-order chi connectivity index (χ0) is 20.5. The van der Waals surface area contributed by atoms with Gasteiger partial charge in [0, 0.05) is 5.69 Å². The van der Waals surface area contributed by atoms with Gasteiger partial charge in [-0.15, -0.1) is 0 Å². The van der Waals surface area contributed by atoms with Crippen LogP contribution in [0.25, 0.3) is 6.08 Å². The number of phenols is 1. The first-order chi connectivity index (χ1) is 13.5. The number of benzene rings is 2. The normalized spacial score (nSPS) is 10.8. The molecule has 2 N–H and O–H groups in total. The number of ether oxygens (including phenoxy) is 1. The number of amides is 1. The van der Waals surface area contributed by atoms with Gasteiger partial charge >= 0.3 is 5.97 Å². The zero-order valence-electron chi connectivity index (χ0n) is 15.9. The minimum Gasteiger partial charge on any atom is -0.508 e. The van der Waals surface area contributed by atoms with E-state index in [0.717, 1.165) is 29.7 Å². The Hall–Kier alpha value is -3.59. The molecule has 1 amide bonds. The smallest absolute Gasteiger partial charge is 0.349 e. The summed E-state index contributed by atoms with van der Waals surface area (Å²) in [5, 5.41) is 21.3. The average molecular weight is 378 g/mol. The first kappa shape index (κ1) is 20.7. The number of aryl methyl sites for hydroxylation is 2. The van der Waals surface area contributed by atoms with Crippen LogP contribution in [0.3, 0.4) is 0 Å². The molecule has 0 atom stereocenters. The van der Waals surface area contributed by atoms with Gasteiger partial charge in [0.05, 0.1) is 0 Å².